The van der Waals surface area contributed by atoms with E-state index in [0.717, 1.165) is 26.1 Å². The van der Waals surface area contributed by atoms with Gasteiger partial charge in [0.05, 0.1) is 5.60 Å². The van der Waals surface area contributed by atoms with Crippen molar-refractivity contribution in [3.8, 4) is 0 Å². The molecular formula is C11H23NO2. The van der Waals surface area contributed by atoms with Gasteiger partial charge in [0.15, 0.2) is 0 Å². The van der Waals surface area contributed by atoms with E-state index in [4.69, 9.17) is 15.2 Å². The Morgan fingerprint density at radius 1 is 1.29 bits per heavy atom. The van der Waals surface area contributed by atoms with Crippen molar-refractivity contribution in [2.75, 3.05) is 20.3 Å². The van der Waals surface area contributed by atoms with Crippen molar-refractivity contribution in [2.45, 2.75) is 45.3 Å². The Kier molecular flexibility index (Phi) is 3.56. The second-order valence-electron chi connectivity index (χ2n) is 5.22. The Labute approximate surface area is 86.9 Å². The Morgan fingerprint density at radius 3 is 2.14 bits per heavy atom. The van der Waals surface area contributed by atoms with E-state index in [1.165, 1.54) is 0 Å². The zero-order valence-electron chi connectivity index (χ0n) is 9.80. The van der Waals surface area contributed by atoms with Gasteiger partial charge in [-0.05, 0) is 5.41 Å². The minimum absolute atomic E-state index is 0.0592. The van der Waals surface area contributed by atoms with E-state index >= 15 is 0 Å². The van der Waals surface area contributed by atoms with Crippen molar-refractivity contribution in [2.24, 2.45) is 11.1 Å². The third-order valence-corrected chi connectivity index (χ3v) is 3.25. The van der Waals surface area contributed by atoms with Crippen LogP contribution in [0, 0.1) is 5.41 Å². The first-order valence-corrected chi connectivity index (χ1v) is 5.31. The maximum absolute atomic E-state index is 6.29. The standard InChI is InChI=1S/C11H23NO2/c1-10(2,3)9(12)11(13-4)5-7-14-8-6-11/h9H,5-8,12H2,1-4H3. The second kappa shape index (κ2) is 4.17. The van der Waals surface area contributed by atoms with Gasteiger partial charge in [-0.15, -0.1) is 0 Å². The molecule has 0 saturated carbocycles. The first kappa shape index (κ1) is 12.0. The van der Waals surface area contributed by atoms with E-state index in [0.29, 0.717) is 0 Å². The van der Waals surface area contributed by atoms with Crippen LogP contribution in [0.5, 0.6) is 0 Å². The Hall–Kier alpha value is -0.120. The van der Waals surface area contributed by atoms with E-state index in [9.17, 15) is 0 Å². The Bertz CT molecular complexity index is 180. The molecule has 0 spiro atoms. The molecular weight excluding hydrogens is 178 g/mol. The highest BCUT2D eigenvalue weighted by atomic mass is 16.5. The Morgan fingerprint density at radius 2 is 1.79 bits per heavy atom. The summed E-state index contributed by atoms with van der Waals surface area (Å²) in [5, 5.41) is 0. The van der Waals surface area contributed by atoms with Crippen LogP contribution < -0.4 is 5.73 Å². The van der Waals surface area contributed by atoms with Gasteiger partial charge in [-0.2, -0.15) is 0 Å². The number of hydrogen-bond donors (Lipinski definition) is 1. The molecule has 1 atom stereocenters. The molecule has 1 rings (SSSR count). The summed E-state index contributed by atoms with van der Waals surface area (Å²) in [5.41, 5.74) is 6.18. The van der Waals surface area contributed by atoms with Gasteiger partial charge in [-0.3, -0.25) is 0 Å². The van der Waals surface area contributed by atoms with Gasteiger partial charge in [0.1, 0.15) is 0 Å². The average molecular weight is 201 g/mol. The van der Waals surface area contributed by atoms with E-state index in [-0.39, 0.29) is 17.1 Å². The lowest BCUT2D eigenvalue weighted by atomic mass is 9.73. The molecule has 1 saturated heterocycles. The van der Waals surface area contributed by atoms with Gasteiger partial charge < -0.3 is 15.2 Å². The van der Waals surface area contributed by atoms with Gasteiger partial charge >= 0.3 is 0 Å². The van der Waals surface area contributed by atoms with Gasteiger partial charge in [-0.25, -0.2) is 0 Å². The lowest BCUT2D eigenvalue weighted by Gasteiger charge is -2.46. The first-order chi connectivity index (χ1) is 6.42. The molecule has 3 heteroatoms. The summed E-state index contributed by atoms with van der Waals surface area (Å²) < 4.78 is 11.0. The average Bonchev–Trinajstić information content (AvgIpc) is 2.16. The monoisotopic (exact) mass is 201 g/mol. The van der Waals surface area contributed by atoms with Crippen LogP contribution in [0.1, 0.15) is 33.6 Å². The highest BCUT2D eigenvalue weighted by molar-refractivity contribution is 4.98. The molecule has 0 bridgehead atoms. The minimum Gasteiger partial charge on any atom is -0.381 e. The van der Waals surface area contributed by atoms with Crippen LogP contribution in [0.15, 0.2) is 0 Å². The number of rotatable bonds is 2. The molecule has 1 aliphatic heterocycles. The van der Waals surface area contributed by atoms with Crippen LogP contribution in [0.2, 0.25) is 0 Å². The summed E-state index contributed by atoms with van der Waals surface area (Å²) in [7, 11) is 1.76. The summed E-state index contributed by atoms with van der Waals surface area (Å²) in [6.07, 6.45) is 1.81. The molecule has 1 heterocycles. The maximum Gasteiger partial charge on any atom is 0.0877 e. The molecule has 0 aliphatic carbocycles. The van der Waals surface area contributed by atoms with Crippen molar-refractivity contribution >= 4 is 0 Å². The number of nitrogens with two attached hydrogens (primary N) is 1. The third-order valence-electron chi connectivity index (χ3n) is 3.25. The summed E-state index contributed by atoms with van der Waals surface area (Å²) in [4.78, 5) is 0. The molecule has 2 N–H and O–H groups in total. The summed E-state index contributed by atoms with van der Waals surface area (Å²) in [5.74, 6) is 0. The van der Waals surface area contributed by atoms with Gasteiger partial charge in [-0.1, -0.05) is 20.8 Å². The van der Waals surface area contributed by atoms with Gasteiger partial charge in [0, 0.05) is 39.2 Å². The SMILES string of the molecule is COC1(C(N)C(C)(C)C)CCOCC1. The molecule has 3 nitrogen and oxygen atoms in total. The maximum atomic E-state index is 6.29. The van der Waals surface area contributed by atoms with E-state index in [1.54, 1.807) is 7.11 Å². The molecule has 0 amide bonds. The molecule has 0 aromatic heterocycles. The topological polar surface area (TPSA) is 44.5 Å². The largest absolute Gasteiger partial charge is 0.381 e. The predicted octanol–water partition coefficient (Wildman–Crippen LogP) is 1.56. The summed E-state index contributed by atoms with van der Waals surface area (Å²) in [6.45, 7) is 8.00. The normalized spacial score (nSPS) is 24.6. The van der Waals surface area contributed by atoms with E-state index in [2.05, 4.69) is 20.8 Å². The molecule has 84 valence electrons. The second-order valence-corrected chi connectivity index (χ2v) is 5.22. The molecule has 0 aromatic carbocycles. The zero-order valence-corrected chi connectivity index (χ0v) is 9.80. The molecule has 1 fully saturated rings. The summed E-state index contributed by atoms with van der Waals surface area (Å²) >= 11 is 0. The molecule has 1 unspecified atom stereocenters. The lowest BCUT2D eigenvalue weighted by Crippen LogP contribution is -2.58. The van der Waals surface area contributed by atoms with Crippen molar-refractivity contribution in [1.29, 1.82) is 0 Å². The van der Waals surface area contributed by atoms with Crippen molar-refractivity contribution in [3.05, 3.63) is 0 Å². The molecule has 14 heavy (non-hydrogen) atoms. The van der Waals surface area contributed by atoms with Crippen LogP contribution in [-0.4, -0.2) is 32.0 Å². The quantitative estimate of drug-likeness (QED) is 0.737. The predicted molar refractivity (Wildman–Crippen MR) is 57.2 cm³/mol. The van der Waals surface area contributed by atoms with Crippen LogP contribution in [0.25, 0.3) is 0 Å². The van der Waals surface area contributed by atoms with Gasteiger partial charge in [0.2, 0.25) is 0 Å². The first-order valence-electron chi connectivity index (χ1n) is 5.31. The zero-order chi connectivity index (χ0) is 10.8. The fraction of sp³-hybridized carbons (Fsp3) is 1.00. The summed E-state index contributed by atoms with van der Waals surface area (Å²) in [6, 6.07) is 0.0592. The smallest absolute Gasteiger partial charge is 0.0877 e. The van der Waals surface area contributed by atoms with Crippen molar-refractivity contribution < 1.29 is 9.47 Å². The van der Waals surface area contributed by atoms with E-state index < -0.39 is 0 Å². The molecule has 0 aromatic rings. The third kappa shape index (κ3) is 2.27. The Balaban J connectivity index is 2.77. The number of methoxy groups -OCH3 is 1. The van der Waals surface area contributed by atoms with Crippen LogP contribution in [0.3, 0.4) is 0 Å². The molecule has 1 aliphatic rings. The van der Waals surface area contributed by atoms with E-state index in [1.807, 2.05) is 0 Å². The van der Waals surface area contributed by atoms with Gasteiger partial charge in [0.25, 0.3) is 0 Å². The highest BCUT2D eigenvalue weighted by Gasteiger charge is 2.43. The fourth-order valence-electron chi connectivity index (χ4n) is 2.15. The minimum atomic E-state index is -0.184. The molecule has 0 radical (unpaired) electrons. The van der Waals surface area contributed by atoms with Crippen LogP contribution in [0.4, 0.5) is 0 Å². The lowest BCUT2D eigenvalue weighted by molar-refractivity contribution is -0.120. The number of hydrogen-bond acceptors (Lipinski definition) is 3. The fourth-order valence-corrected chi connectivity index (χ4v) is 2.15. The number of ether oxygens (including phenoxy) is 2. The van der Waals surface area contributed by atoms with Crippen molar-refractivity contribution in [3.63, 3.8) is 0 Å². The highest BCUT2D eigenvalue weighted by Crippen LogP contribution is 2.35. The van der Waals surface area contributed by atoms with Crippen LogP contribution in [-0.2, 0) is 9.47 Å². The van der Waals surface area contributed by atoms with Crippen LogP contribution >= 0.6 is 0 Å². The van der Waals surface area contributed by atoms with Crippen molar-refractivity contribution in [1.82, 2.24) is 0 Å².